The molecule has 2 aliphatic heterocycles. The van der Waals surface area contributed by atoms with E-state index >= 15 is 0 Å². The molecule has 1 fully saturated rings. The Kier molecular flexibility index (Phi) is 6.62. The number of anilines is 1. The van der Waals surface area contributed by atoms with Crippen molar-refractivity contribution in [2.75, 3.05) is 49.7 Å². The zero-order valence-corrected chi connectivity index (χ0v) is 15.8. The van der Waals surface area contributed by atoms with E-state index in [0.717, 1.165) is 18.1 Å². The molecule has 0 saturated carbocycles. The van der Waals surface area contributed by atoms with Gasteiger partial charge in [0.2, 0.25) is 11.8 Å². The Morgan fingerprint density at radius 2 is 2.12 bits per heavy atom. The number of thioether (sulfide) groups is 1. The van der Waals surface area contributed by atoms with Gasteiger partial charge in [0.1, 0.15) is 13.2 Å². The molecule has 1 saturated heterocycles. The molecule has 0 bridgehead atoms. The SMILES string of the molecule is CCN(CC(=O)Nc1ccc2c(c1)OCCO2)C(=O)CC1CSCCN1. The van der Waals surface area contributed by atoms with Crippen molar-refractivity contribution in [1.82, 2.24) is 10.2 Å². The van der Waals surface area contributed by atoms with Crippen LogP contribution < -0.4 is 20.1 Å². The molecule has 0 spiro atoms. The summed E-state index contributed by atoms with van der Waals surface area (Å²) >= 11 is 1.86. The lowest BCUT2D eigenvalue weighted by atomic mass is 10.2. The zero-order chi connectivity index (χ0) is 18.4. The van der Waals surface area contributed by atoms with Gasteiger partial charge >= 0.3 is 0 Å². The van der Waals surface area contributed by atoms with E-state index in [1.807, 2.05) is 18.7 Å². The van der Waals surface area contributed by atoms with Crippen molar-refractivity contribution in [1.29, 1.82) is 0 Å². The lowest BCUT2D eigenvalue weighted by Gasteiger charge is -2.26. The Balaban J connectivity index is 1.52. The van der Waals surface area contributed by atoms with Crippen molar-refractivity contribution in [2.45, 2.75) is 19.4 Å². The van der Waals surface area contributed by atoms with Crippen molar-refractivity contribution in [2.24, 2.45) is 0 Å². The summed E-state index contributed by atoms with van der Waals surface area (Å²) in [6, 6.07) is 5.48. The fraction of sp³-hybridized carbons (Fsp3) is 0.556. The van der Waals surface area contributed by atoms with Crippen molar-refractivity contribution < 1.29 is 19.1 Å². The van der Waals surface area contributed by atoms with Crippen LogP contribution in [-0.4, -0.2) is 67.1 Å². The number of rotatable bonds is 6. The number of nitrogens with zero attached hydrogens (tertiary/aromatic N) is 1. The van der Waals surface area contributed by atoms with Gasteiger partial charge in [0, 0.05) is 48.8 Å². The second-order valence-corrected chi connectivity index (χ2v) is 7.39. The first kappa shape index (κ1) is 18.8. The number of hydrogen-bond donors (Lipinski definition) is 2. The van der Waals surface area contributed by atoms with Gasteiger partial charge in [0.25, 0.3) is 0 Å². The number of fused-ring (bicyclic) bond motifs is 1. The summed E-state index contributed by atoms with van der Waals surface area (Å²) in [5.74, 6) is 3.11. The van der Waals surface area contributed by atoms with E-state index in [-0.39, 0.29) is 24.4 Å². The topological polar surface area (TPSA) is 79.9 Å². The highest BCUT2D eigenvalue weighted by molar-refractivity contribution is 7.99. The van der Waals surface area contributed by atoms with Crippen LogP contribution in [0, 0.1) is 0 Å². The molecule has 1 unspecified atom stereocenters. The second-order valence-electron chi connectivity index (χ2n) is 6.24. The van der Waals surface area contributed by atoms with Gasteiger partial charge in [0.15, 0.2) is 11.5 Å². The number of nitrogens with one attached hydrogen (secondary N) is 2. The molecule has 2 amide bonds. The highest BCUT2D eigenvalue weighted by atomic mass is 32.2. The van der Waals surface area contributed by atoms with Crippen LogP contribution >= 0.6 is 11.8 Å². The van der Waals surface area contributed by atoms with Gasteiger partial charge in [-0.25, -0.2) is 0 Å². The molecule has 0 radical (unpaired) electrons. The number of ether oxygens (including phenoxy) is 2. The van der Waals surface area contributed by atoms with Crippen LogP contribution in [0.4, 0.5) is 5.69 Å². The summed E-state index contributed by atoms with van der Waals surface area (Å²) in [5, 5.41) is 6.18. The van der Waals surface area contributed by atoms with E-state index in [1.165, 1.54) is 0 Å². The largest absolute Gasteiger partial charge is 0.486 e. The highest BCUT2D eigenvalue weighted by Crippen LogP contribution is 2.32. The minimum atomic E-state index is -0.220. The number of hydrogen-bond acceptors (Lipinski definition) is 6. The number of amides is 2. The molecule has 142 valence electrons. The average Bonchev–Trinajstić information content (AvgIpc) is 2.66. The van der Waals surface area contributed by atoms with Crippen LogP contribution in [0.1, 0.15) is 13.3 Å². The summed E-state index contributed by atoms with van der Waals surface area (Å²) in [6.45, 7) is 4.39. The summed E-state index contributed by atoms with van der Waals surface area (Å²) in [6.07, 6.45) is 0.429. The number of benzene rings is 1. The molecular formula is C18H25N3O4S. The fourth-order valence-corrected chi connectivity index (χ4v) is 3.91. The first-order chi connectivity index (χ1) is 12.7. The third kappa shape index (κ3) is 5.04. The van der Waals surface area contributed by atoms with Crippen molar-refractivity contribution in [3.8, 4) is 11.5 Å². The van der Waals surface area contributed by atoms with E-state index in [0.29, 0.717) is 43.4 Å². The Morgan fingerprint density at radius 1 is 1.31 bits per heavy atom. The van der Waals surface area contributed by atoms with E-state index in [4.69, 9.17) is 9.47 Å². The summed E-state index contributed by atoms with van der Waals surface area (Å²) in [5.41, 5.74) is 0.632. The molecule has 26 heavy (non-hydrogen) atoms. The van der Waals surface area contributed by atoms with Crippen LogP contribution in [0.5, 0.6) is 11.5 Å². The van der Waals surface area contributed by atoms with Crippen LogP contribution in [0.2, 0.25) is 0 Å². The Bertz CT molecular complexity index is 649. The first-order valence-electron chi connectivity index (χ1n) is 8.94. The molecule has 7 nitrogen and oxygen atoms in total. The molecule has 1 aromatic rings. The summed E-state index contributed by atoms with van der Waals surface area (Å²) < 4.78 is 11.0. The molecule has 1 atom stereocenters. The van der Waals surface area contributed by atoms with E-state index in [1.54, 1.807) is 23.1 Å². The zero-order valence-electron chi connectivity index (χ0n) is 15.0. The Hall–Kier alpha value is -1.93. The Labute approximate surface area is 157 Å². The predicted octanol–water partition coefficient (Wildman–Crippen LogP) is 1.34. The maximum Gasteiger partial charge on any atom is 0.243 e. The minimum absolute atomic E-state index is 0.00447. The number of likely N-dealkylation sites (N-methyl/N-ethyl adjacent to an activating group) is 1. The molecule has 2 aliphatic rings. The number of carbonyl (C=O) groups excluding carboxylic acids is 2. The molecule has 2 heterocycles. The third-order valence-electron chi connectivity index (χ3n) is 4.31. The van der Waals surface area contributed by atoms with E-state index in [9.17, 15) is 9.59 Å². The Morgan fingerprint density at radius 3 is 2.85 bits per heavy atom. The van der Waals surface area contributed by atoms with Crippen LogP contribution in [0.15, 0.2) is 18.2 Å². The first-order valence-corrected chi connectivity index (χ1v) is 10.1. The lowest BCUT2D eigenvalue weighted by Crippen LogP contribution is -2.44. The quantitative estimate of drug-likeness (QED) is 0.777. The van der Waals surface area contributed by atoms with Gasteiger partial charge in [-0.3, -0.25) is 9.59 Å². The van der Waals surface area contributed by atoms with Crippen LogP contribution in [0.3, 0.4) is 0 Å². The lowest BCUT2D eigenvalue weighted by molar-refractivity contribution is -0.134. The molecule has 0 aliphatic carbocycles. The van der Waals surface area contributed by atoms with Crippen molar-refractivity contribution in [3.63, 3.8) is 0 Å². The van der Waals surface area contributed by atoms with Gasteiger partial charge in [-0.1, -0.05) is 0 Å². The second kappa shape index (κ2) is 9.14. The van der Waals surface area contributed by atoms with Crippen LogP contribution in [-0.2, 0) is 9.59 Å². The predicted molar refractivity (Wildman–Crippen MR) is 102 cm³/mol. The van der Waals surface area contributed by atoms with Crippen LogP contribution in [0.25, 0.3) is 0 Å². The summed E-state index contributed by atoms with van der Waals surface area (Å²) in [4.78, 5) is 26.4. The fourth-order valence-electron chi connectivity index (χ4n) is 2.96. The van der Waals surface area contributed by atoms with E-state index < -0.39 is 0 Å². The van der Waals surface area contributed by atoms with Gasteiger partial charge in [-0.15, -0.1) is 0 Å². The molecule has 1 aromatic carbocycles. The monoisotopic (exact) mass is 379 g/mol. The van der Waals surface area contributed by atoms with E-state index in [2.05, 4.69) is 10.6 Å². The molecule has 0 aromatic heterocycles. The highest BCUT2D eigenvalue weighted by Gasteiger charge is 2.22. The maximum absolute atomic E-state index is 12.5. The molecule has 2 N–H and O–H groups in total. The normalized spacial score (nSPS) is 18.9. The van der Waals surface area contributed by atoms with Gasteiger partial charge in [0.05, 0.1) is 6.54 Å². The average molecular weight is 379 g/mol. The standard InChI is InChI=1S/C18H25N3O4S/c1-2-21(18(23)10-14-12-26-8-5-19-14)11-17(22)20-13-3-4-15-16(9-13)25-7-6-24-15/h3-4,9,14,19H,2,5-8,10-12H2,1H3,(H,20,22). The maximum atomic E-state index is 12.5. The van der Waals surface area contributed by atoms with Gasteiger partial charge < -0.3 is 25.0 Å². The van der Waals surface area contributed by atoms with Gasteiger partial charge in [-0.05, 0) is 19.1 Å². The molecule has 8 heteroatoms. The minimum Gasteiger partial charge on any atom is -0.486 e. The van der Waals surface area contributed by atoms with Gasteiger partial charge in [-0.2, -0.15) is 11.8 Å². The smallest absolute Gasteiger partial charge is 0.243 e. The molecule has 3 rings (SSSR count). The number of carbonyl (C=O) groups is 2. The summed E-state index contributed by atoms with van der Waals surface area (Å²) in [7, 11) is 0. The van der Waals surface area contributed by atoms with Crippen molar-refractivity contribution >= 4 is 29.3 Å². The third-order valence-corrected chi connectivity index (χ3v) is 5.45. The van der Waals surface area contributed by atoms with Crippen molar-refractivity contribution in [3.05, 3.63) is 18.2 Å². The molecular weight excluding hydrogens is 354 g/mol.